The SMILES string of the molecule is CCCNCC(C)S(=O)(=O)N1CCS(=O)CC1. The zero-order valence-corrected chi connectivity index (χ0v) is 12.1. The third-order valence-corrected chi connectivity index (χ3v) is 6.41. The monoisotopic (exact) mass is 282 g/mol. The van der Waals surface area contributed by atoms with Crippen LogP contribution in [0.1, 0.15) is 20.3 Å². The number of rotatable bonds is 6. The van der Waals surface area contributed by atoms with Gasteiger partial charge < -0.3 is 5.32 Å². The summed E-state index contributed by atoms with van der Waals surface area (Å²) in [6.07, 6.45) is 0.995. The molecule has 17 heavy (non-hydrogen) atoms. The van der Waals surface area contributed by atoms with Gasteiger partial charge in [-0.1, -0.05) is 6.92 Å². The molecule has 1 unspecified atom stereocenters. The molecule has 0 spiro atoms. The van der Waals surface area contributed by atoms with Crippen LogP contribution in [0.5, 0.6) is 0 Å². The van der Waals surface area contributed by atoms with Crippen molar-refractivity contribution in [3.05, 3.63) is 0 Å². The molecule has 1 rings (SSSR count). The highest BCUT2D eigenvalue weighted by Crippen LogP contribution is 2.11. The van der Waals surface area contributed by atoms with Crippen molar-refractivity contribution in [1.29, 1.82) is 0 Å². The average Bonchev–Trinajstić information content (AvgIpc) is 2.29. The normalized spacial score (nSPS) is 21.5. The van der Waals surface area contributed by atoms with Crippen molar-refractivity contribution in [3.63, 3.8) is 0 Å². The van der Waals surface area contributed by atoms with Crippen LogP contribution in [0.15, 0.2) is 0 Å². The van der Waals surface area contributed by atoms with Crippen molar-refractivity contribution in [2.45, 2.75) is 25.5 Å². The Morgan fingerprint density at radius 1 is 1.35 bits per heavy atom. The lowest BCUT2D eigenvalue weighted by atomic mass is 10.4. The fourth-order valence-corrected chi connectivity index (χ4v) is 4.53. The Morgan fingerprint density at radius 2 is 1.94 bits per heavy atom. The number of hydrogen-bond donors (Lipinski definition) is 1. The molecule has 0 aliphatic carbocycles. The summed E-state index contributed by atoms with van der Waals surface area (Å²) in [6.45, 7) is 5.88. The molecule has 1 N–H and O–H groups in total. The van der Waals surface area contributed by atoms with Crippen LogP contribution >= 0.6 is 0 Å². The quantitative estimate of drug-likeness (QED) is 0.683. The third kappa shape index (κ3) is 4.31. The van der Waals surface area contributed by atoms with Gasteiger partial charge in [0.05, 0.1) is 5.25 Å². The van der Waals surface area contributed by atoms with Crippen LogP contribution in [0.2, 0.25) is 0 Å². The summed E-state index contributed by atoms with van der Waals surface area (Å²) in [6, 6.07) is 0. The van der Waals surface area contributed by atoms with Crippen LogP contribution in [0.3, 0.4) is 0 Å². The first kappa shape index (κ1) is 15.1. The summed E-state index contributed by atoms with van der Waals surface area (Å²) >= 11 is 0. The van der Waals surface area contributed by atoms with E-state index in [0.717, 1.165) is 13.0 Å². The van der Waals surface area contributed by atoms with Gasteiger partial charge in [0.1, 0.15) is 0 Å². The van der Waals surface area contributed by atoms with Gasteiger partial charge >= 0.3 is 0 Å². The topological polar surface area (TPSA) is 66.5 Å². The predicted octanol–water partition coefficient (Wildman–Crippen LogP) is -0.231. The molecule has 0 aromatic heterocycles. The van der Waals surface area contributed by atoms with Crippen molar-refractivity contribution in [3.8, 4) is 0 Å². The van der Waals surface area contributed by atoms with Gasteiger partial charge in [-0.15, -0.1) is 0 Å². The lowest BCUT2D eigenvalue weighted by molar-refractivity contribution is 0.428. The van der Waals surface area contributed by atoms with Gasteiger partial charge in [-0.3, -0.25) is 4.21 Å². The zero-order valence-electron chi connectivity index (χ0n) is 10.5. The molecule has 5 nitrogen and oxygen atoms in total. The first-order valence-electron chi connectivity index (χ1n) is 6.03. The van der Waals surface area contributed by atoms with Gasteiger partial charge in [0.25, 0.3) is 0 Å². The Hall–Kier alpha value is 0.0200. The smallest absolute Gasteiger partial charge is 0.218 e. The van der Waals surface area contributed by atoms with E-state index >= 15 is 0 Å². The molecule has 0 aromatic carbocycles. The molecule has 1 aliphatic heterocycles. The van der Waals surface area contributed by atoms with E-state index in [-0.39, 0.29) is 0 Å². The van der Waals surface area contributed by atoms with Gasteiger partial charge in [-0.25, -0.2) is 8.42 Å². The Labute approximate surface area is 106 Å². The molecule has 1 heterocycles. The largest absolute Gasteiger partial charge is 0.315 e. The zero-order chi connectivity index (χ0) is 12.9. The van der Waals surface area contributed by atoms with Gasteiger partial charge in [0.2, 0.25) is 10.0 Å². The third-order valence-electron chi connectivity index (χ3n) is 2.86. The fourth-order valence-electron chi connectivity index (χ4n) is 1.72. The van der Waals surface area contributed by atoms with Crippen LogP contribution in [0.4, 0.5) is 0 Å². The minimum atomic E-state index is -3.23. The predicted molar refractivity (Wildman–Crippen MR) is 71.0 cm³/mol. The van der Waals surface area contributed by atoms with E-state index in [2.05, 4.69) is 5.32 Å². The van der Waals surface area contributed by atoms with Gasteiger partial charge in [-0.2, -0.15) is 4.31 Å². The maximum absolute atomic E-state index is 12.2. The number of nitrogens with zero attached hydrogens (tertiary/aromatic N) is 1. The number of sulfonamides is 1. The van der Waals surface area contributed by atoms with Gasteiger partial charge in [-0.05, 0) is 19.9 Å². The molecule has 0 aromatic rings. The van der Waals surface area contributed by atoms with Crippen LogP contribution in [0.25, 0.3) is 0 Å². The Kier molecular flexibility index (Phi) is 6.05. The maximum atomic E-state index is 12.2. The summed E-state index contributed by atoms with van der Waals surface area (Å²) in [5.41, 5.74) is 0. The van der Waals surface area contributed by atoms with E-state index in [1.807, 2.05) is 6.92 Å². The molecule has 0 amide bonds. The lowest BCUT2D eigenvalue weighted by Crippen LogP contribution is -2.47. The van der Waals surface area contributed by atoms with E-state index in [1.165, 1.54) is 4.31 Å². The van der Waals surface area contributed by atoms with Crippen LogP contribution in [-0.2, 0) is 20.8 Å². The van der Waals surface area contributed by atoms with Crippen LogP contribution in [0, 0.1) is 0 Å². The highest BCUT2D eigenvalue weighted by molar-refractivity contribution is 7.90. The van der Waals surface area contributed by atoms with Crippen LogP contribution < -0.4 is 5.32 Å². The fraction of sp³-hybridized carbons (Fsp3) is 1.00. The number of hydrogen-bond acceptors (Lipinski definition) is 4. The lowest BCUT2D eigenvalue weighted by Gasteiger charge is -2.28. The molecule has 0 saturated carbocycles. The maximum Gasteiger partial charge on any atom is 0.218 e. The molecular weight excluding hydrogens is 260 g/mol. The minimum Gasteiger partial charge on any atom is -0.315 e. The molecule has 0 bridgehead atoms. The second-order valence-corrected chi connectivity index (χ2v) is 8.35. The molecule has 1 saturated heterocycles. The summed E-state index contributed by atoms with van der Waals surface area (Å²) in [5.74, 6) is 0.933. The van der Waals surface area contributed by atoms with Crippen molar-refractivity contribution in [1.82, 2.24) is 9.62 Å². The summed E-state index contributed by atoms with van der Waals surface area (Å²) in [7, 11) is -4.07. The van der Waals surface area contributed by atoms with Crippen molar-refractivity contribution < 1.29 is 12.6 Å². The van der Waals surface area contributed by atoms with Crippen LogP contribution in [-0.4, -0.2) is 59.9 Å². The van der Waals surface area contributed by atoms with E-state index in [4.69, 9.17) is 0 Å². The standard InChI is InChI=1S/C10H22N2O3S2/c1-3-4-11-9-10(2)17(14,15)12-5-7-16(13)8-6-12/h10-11H,3-9H2,1-2H3. The van der Waals surface area contributed by atoms with E-state index in [0.29, 0.717) is 31.1 Å². The summed E-state index contributed by atoms with van der Waals surface area (Å²) in [4.78, 5) is 0. The van der Waals surface area contributed by atoms with E-state index in [1.54, 1.807) is 6.92 Å². The Bertz CT molecular complexity index is 347. The second kappa shape index (κ2) is 6.82. The minimum absolute atomic E-state index is 0.396. The number of nitrogens with one attached hydrogen (secondary N) is 1. The molecule has 7 heteroatoms. The molecule has 0 radical (unpaired) electrons. The van der Waals surface area contributed by atoms with Gasteiger partial charge in [0, 0.05) is 41.9 Å². The summed E-state index contributed by atoms with van der Waals surface area (Å²) in [5, 5.41) is 2.71. The van der Waals surface area contributed by atoms with E-state index in [9.17, 15) is 12.6 Å². The van der Waals surface area contributed by atoms with Crippen molar-refractivity contribution in [2.24, 2.45) is 0 Å². The average molecular weight is 282 g/mol. The molecule has 1 fully saturated rings. The molecule has 102 valence electrons. The second-order valence-electron chi connectivity index (χ2n) is 4.31. The molecule has 1 aliphatic rings. The highest BCUT2D eigenvalue weighted by atomic mass is 32.2. The first-order valence-corrected chi connectivity index (χ1v) is 9.02. The molecule has 1 atom stereocenters. The van der Waals surface area contributed by atoms with Crippen molar-refractivity contribution in [2.75, 3.05) is 37.7 Å². The molecular formula is C10H22N2O3S2. The first-order chi connectivity index (χ1) is 7.98. The summed E-state index contributed by atoms with van der Waals surface area (Å²) < 4.78 is 37.0. The Morgan fingerprint density at radius 3 is 2.47 bits per heavy atom. The Balaban J connectivity index is 2.51. The van der Waals surface area contributed by atoms with Crippen molar-refractivity contribution >= 4 is 20.8 Å². The van der Waals surface area contributed by atoms with E-state index < -0.39 is 26.1 Å². The highest BCUT2D eigenvalue weighted by Gasteiger charge is 2.30. The van der Waals surface area contributed by atoms with Gasteiger partial charge in [0.15, 0.2) is 0 Å².